The van der Waals surface area contributed by atoms with Crippen LogP contribution in [0, 0.1) is 6.92 Å². The van der Waals surface area contributed by atoms with Gasteiger partial charge in [0.25, 0.3) is 0 Å². The van der Waals surface area contributed by atoms with E-state index in [1.165, 1.54) is 5.56 Å². The predicted molar refractivity (Wildman–Crippen MR) is 83.3 cm³/mol. The van der Waals surface area contributed by atoms with Gasteiger partial charge in [-0.2, -0.15) is 4.68 Å². The molecule has 0 radical (unpaired) electrons. The summed E-state index contributed by atoms with van der Waals surface area (Å²) >= 11 is 1.60. The molecule has 1 atom stereocenters. The summed E-state index contributed by atoms with van der Waals surface area (Å²) in [6, 6.07) is 10.3. The van der Waals surface area contributed by atoms with Crippen molar-refractivity contribution in [3.05, 3.63) is 68.5 Å². The first-order valence-electron chi connectivity index (χ1n) is 7.04. The van der Waals surface area contributed by atoms with Gasteiger partial charge in [0.2, 0.25) is 0 Å². The molecule has 2 aromatic heterocycles. The second-order valence-electron chi connectivity index (χ2n) is 5.39. The first-order chi connectivity index (χ1) is 10.3. The number of rotatable bonds is 2. The first kappa shape index (κ1) is 12.6. The maximum atomic E-state index is 12.8. The van der Waals surface area contributed by atoms with Crippen LogP contribution in [0.4, 0.5) is 0 Å². The Bertz CT molecular complexity index is 844. The lowest BCUT2D eigenvalue weighted by molar-refractivity contribution is 0.588. The van der Waals surface area contributed by atoms with E-state index in [4.69, 9.17) is 0 Å². The van der Waals surface area contributed by atoms with Crippen molar-refractivity contribution in [3.63, 3.8) is 0 Å². The molecule has 4 rings (SSSR count). The fraction of sp³-hybridized carbons (Fsp3) is 0.250. The number of hydrogen-bond donors (Lipinski definition) is 0. The van der Waals surface area contributed by atoms with Crippen LogP contribution in [0.5, 0.6) is 0 Å². The molecule has 0 spiro atoms. The fourth-order valence-corrected chi connectivity index (χ4v) is 3.82. The number of benzene rings is 1. The van der Waals surface area contributed by atoms with Crippen molar-refractivity contribution in [2.45, 2.75) is 25.8 Å². The summed E-state index contributed by atoms with van der Waals surface area (Å²) in [6.45, 7) is 2.01. The Hall–Kier alpha value is -2.14. The van der Waals surface area contributed by atoms with Crippen LogP contribution in [-0.4, -0.2) is 14.3 Å². The molecule has 1 aliphatic rings. The first-order valence-corrected chi connectivity index (χ1v) is 7.98. The van der Waals surface area contributed by atoms with E-state index in [1.54, 1.807) is 16.0 Å². The van der Waals surface area contributed by atoms with E-state index in [2.05, 4.69) is 17.2 Å². The Morgan fingerprint density at radius 3 is 2.76 bits per heavy atom. The van der Waals surface area contributed by atoms with Gasteiger partial charge in [-0.3, -0.25) is 4.57 Å². The van der Waals surface area contributed by atoms with Gasteiger partial charge < -0.3 is 0 Å². The van der Waals surface area contributed by atoms with Gasteiger partial charge in [-0.05, 0) is 29.9 Å². The predicted octanol–water partition coefficient (Wildman–Crippen LogP) is 2.94. The Labute approximate surface area is 126 Å². The molecule has 0 bridgehead atoms. The number of aryl methyl sites for hydroxylation is 2. The van der Waals surface area contributed by atoms with Crippen molar-refractivity contribution in [1.82, 2.24) is 14.3 Å². The molecule has 3 aromatic rings. The van der Waals surface area contributed by atoms with Crippen LogP contribution < -0.4 is 5.69 Å². The SMILES string of the molecule is Cc1cscc1-n1nc2n(c1=O)[C@H](c1ccccc1)CC2. The highest BCUT2D eigenvalue weighted by atomic mass is 32.1. The second-order valence-corrected chi connectivity index (χ2v) is 6.13. The highest BCUT2D eigenvalue weighted by Crippen LogP contribution is 2.29. The van der Waals surface area contributed by atoms with E-state index in [0.717, 1.165) is 29.9 Å². The minimum atomic E-state index is -0.0298. The van der Waals surface area contributed by atoms with Gasteiger partial charge in [0, 0.05) is 11.8 Å². The average Bonchev–Trinajstić information content (AvgIpc) is 3.17. The summed E-state index contributed by atoms with van der Waals surface area (Å²) in [4.78, 5) is 12.8. The van der Waals surface area contributed by atoms with Gasteiger partial charge in [-0.1, -0.05) is 30.3 Å². The molecule has 0 aliphatic carbocycles. The lowest BCUT2D eigenvalue weighted by Crippen LogP contribution is -2.26. The minimum Gasteiger partial charge on any atom is -0.271 e. The maximum absolute atomic E-state index is 12.8. The summed E-state index contributed by atoms with van der Waals surface area (Å²) in [5, 5.41) is 8.57. The standard InChI is InChI=1S/C16H15N3OS/c1-11-9-21-10-14(11)19-16(20)18-13(7-8-15(18)17-19)12-5-3-2-4-6-12/h2-6,9-10,13H,7-8H2,1H3/t13-/m0/s1. The van der Waals surface area contributed by atoms with E-state index in [9.17, 15) is 4.79 Å². The van der Waals surface area contributed by atoms with Crippen LogP contribution in [0.2, 0.25) is 0 Å². The topological polar surface area (TPSA) is 39.8 Å². The zero-order chi connectivity index (χ0) is 14.4. The van der Waals surface area contributed by atoms with Crippen molar-refractivity contribution in [2.24, 2.45) is 0 Å². The van der Waals surface area contributed by atoms with E-state index in [0.29, 0.717) is 0 Å². The lowest BCUT2D eigenvalue weighted by atomic mass is 10.1. The molecule has 0 fully saturated rings. The van der Waals surface area contributed by atoms with Crippen molar-refractivity contribution < 1.29 is 0 Å². The molecule has 4 nitrogen and oxygen atoms in total. The molecule has 1 aromatic carbocycles. The molecule has 0 saturated carbocycles. The molecular weight excluding hydrogens is 282 g/mol. The average molecular weight is 297 g/mol. The van der Waals surface area contributed by atoms with Crippen LogP contribution in [-0.2, 0) is 6.42 Å². The molecule has 0 unspecified atom stereocenters. The monoisotopic (exact) mass is 297 g/mol. The van der Waals surface area contributed by atoms with Gasteiger partial charge in [-0.25, -0.2) is 4.79 Å². The van der Waals surface area contributed by atoms with Gasteiger partial charge >= 0.3 is 5.69 Å². The van der Waals surface area contributed by atoms with Gasteiger partial charge in [-0.15, -0.1) is 16.4 Å². The summed E-state index contributed by atoms with van der Waals surface area (Å²) in [6.07, 6.45) is 1.80. The third-order valence-corrected chi connectivity index (χ3v) is 4.92. The Morgan fingerprint density at radius 2 is 2.05 bits per heavy atom. The van der Waals surface area contributed by atoms with Crippen LogP contribution in [0.1, 0.15) is 29.4 Å². The highest BCUT2D eigenvalue weighted by Gasteiger charge is 2.29. The van der Waals surface area contributed by atoms with E-state index in [-0.39, 0.29) is 11.7 Å². The maximum Gasteiger partial charge on any atom is 0.351 e. The quantitative estimate of drug-likeness (QED) is 0.729. The fourth-order valence-electron chi connectivity index (χ4n) is 3.02. The molecule has 3 heterocycles. The van der Waals surface area contributed by atoms with Gasteiger partial charge in [0.1, 0.15) is 5.82 Å². The number of thiophene rings is 1. The van der Waals surface area contributed by atoms with Crippen molar-refractivity contribution in [1.29, 1.82) is 0 Å². The van der Waals surface area contributed by atoms with Crippen LogP contribution in [0.25, 0.3) is 5.69 Å². The van der Waals surface area contributed by atoms with Crippen molar-refractivity contribution >= 4 is 11.3 Å². The molecule has 1 aliphatic heterocycles. The van der Waals surface area contributed by atoms with E-state index >= 15 is 0 Å². The van der Waals surface area contributed by atoms with E-state index in [1.807, 2.05) is 40.5 Å². The van der Waals surface area contributed by atoms with Gasteiger partial charge in [0.15, 0.2) is 0 Å². The smallest absolute Gasteiger partial charge is 0.271 e. The Balaban J connectivity index is 1.85. The molecule has 0 N–H and O–H groups in total. The third-order valence-electron chi connectivity index (χ3n) is 4.07. The zero-order valence-electron chi connectivity index (χ0n) is 11.7. The molecule has 0 saturated heterocycles. The highest BCUT2D eigenvalue weighted by molar-refractivity contribution is 7.08. The van der Waals surface area contributed by atoms with Crippen LogP contribution in [0.3, 0.4) is 0 Å². The number of aromatic nitrogens is 3. The normalized spacial score (nSPS) is 17.1. The Kier molecular flexibility index (Phi) is 2.82. The molecule has 5 heteroatoms. The van der Waals surface area contributed by atoms with Crippen molar-refractivity contribution in [3.8, 4) is 5.69 Å². The second kappa shape index (κ2) is 4.70. The number of nitrogens with zero attached hydrogens (tertiary/aromatic N) is 3. The molecule has 21 heavy (non-hydrogen) atoms. The minimum absolute atomic E-state index is 0.0298. The summed E-state index contributed by atoms with van der Waals surface area (Å²) in [5.74, 6) is 0.888. The Morgan fingerprint density at radius 1 is 1.24 bits per heavy atom. The summed E-state index contributed by atoms with van der Waals surface area (Å²) in [5.41, 5.74) is 3.15. The lowest BCUT2D eigenvalue weighted by Gasteiger charge is -2.11. The van der Waals surface area contributed by atoms with Crippen LogP contribution in [0.15, 0.2) is 45.9 Å². The van der Waals surface area contributed by atoms with E-state index < -0.39 is 0 Å². The molecule has 0 amide bonds. The summed E-state index contributed by atoms with van der Waals surface area (Å²) in [7, 11) is 0. The van der Waals surface area contributed by atoms with Gasteiger partial charge in [0.05, 0.1) is 11.7 Å². The molecular formula is C16H15N3OS. The van der Waals surface area contributed by atoms with Crippen molar-refractivity contribution in [2.75, 3.05) is 0 Å². The molecule has 106 valence electrons. The third kappa shape index (κ3) is 1.88. The van der Waals surface area contributed by atoms with Crippen LogP contribution >= 0.6 is 11.3 Å². The summed E-state index contributed by atoms with van der Waals surface area (Å²) < 4.78 is 3.41. The largest absolute Gasteiger partial charge is 0.351 e. The number of fused-ring (bicyclic) bond motifs is 1. The number of hydrogen-bond acceptors (Lipinski definition) is 3. The zero-order valence-corrected chi connectivity index (χ0v) is 12.5.